The van der Waals surface area contributed by atoms with Crippen LogP contribution in [0.15, 0.2) is 109 Å². The van der Waals surface area contributed by atoms with Crippen LogP contribution >= 0.6 is 7.82 Å². The van der Waals surface area contributed by atoms with Gasteiger partial charge in [-0.2, -0.15) is 0 Å². The molecule has 6 atom stereocenters. The van der Waals surface area contributed by atoms with Gasteiger partial charge in [0.25, 0.3) is 0 Å². The number of unbranched alkanes of at least 4 members (excludes halogenated alkanes) is 11. The van der Waals surface area contributed by atoms with Crippen LogP contribution in [0.2, 0.25) is 0 Å². The minimum atomic E-state index is -5.05. The summed E-state index contributed by atoms with van der Waals surface area (Å²) in [6.07, 6.45) is 48.7. The molecule has 13 heteroatoms. The van der Waals surface area contributed by atoms with Crippen molar-refractivity contribution in [2.45, 2.75) is 204 Å². The van der Waals surface area contributed by atoms with Crippen molar-refractivity contribution in [1.29, 1.82) is 0 Å². The van der Waals surface area contributed by atoms with Gasteiger partial charge in [-0.1, -0.05) is 168 Å². The average molecular weight is 961 g/mol. The maximum Gasteiger partial charge on any atom is 0.472 e. The van der Waals surface area contributed by atoms with E-state index in [9.17, 15) is 39.8 Å². The third kappa shape index (κ3) is 34.9. The fourth-order valence-electron chi connectivity index (χ4n) is 6.90. The zero-order valence-corrected chi connectivity index (χ0v) is 41.8. The van der Waals surface area contributed by atoms with E-state index >= 15 is 0 Å². The van der Waals surface area contributed by atoms with E-state index in [1.54, 1.807) is 0 Å². The Kier molecular flexibility index (Phi) is 39.8. The average Bonchev–Trinajstić information content (AvgIpc) is 3.31. The first kappa shape index (κ1) is 62.0. The van der Waals surface area contributed by atoms with Crippen LogP contribution in [-0.2, 0) is 27.9 Å². The van der Waals surface area contributed by atoms with Crippen molar-refractivity contribution in [3.8, 4) is 0 Å². The van der Waals surface area contributed by atoms with E-state index in [4.69, 9.17) is 18.5 Å². The molecule has 382 valence electrons. The SMILES string of the molecule is CC/C=C\C/C=C\C/C=C\C/C=C\C/C=C\C/C=C\C/C=C\CCCC(=O)OC(COCCCCCCCC/C=C\C/C=C\CCCCCC)COP(=O)(O)OC1C(O)C(O)C(O)C(O)C1O. The van der Waals surface area contributed by atoms with Crippen LogP contribution in [0.4, 0.5) is 0 Å². The minimum Gasteiger partial charge on any atom is -0.457 e. The molecule has 0 bridgehead atoms. The van der Waals surface area contributed by atoms with Crippen LogP contribution in [-0.4, -0.2) is 98.9 Å². The molecule has 1 rings (SSSR count). The summed E-state index contributed by atoms with van der Waals surface area (Å²) < 4.78 is 34.2. The summed E-state index contributed by atoms with van der Waals surface area (Å²) >= 11 is 0. The lowest BCUT2D eigenvalue weighted by Gasteiger charge is -2.41. The van der Waals surface area contributed by atoms with Gasteiger partial charge in [0.15, 0.2) is 0 Å². The van der Waals surface area contributed by atoms with E-state index in [-0.39, 0.29) is 13.0 Å². The van der Waals surface area contributed by atoms with Gasteiger partial charge in [-0.25, -0.2) is 4.57 Å². The fourth-order valence-corrected chi connectivity index (χ4v) is 7.88. The molecule has 1 aliphatic carbocycles. The highest BCUT2D eigenvalue weighted by Gasteiger charge is 2.51. The van der Waals surface area contributed by atoms with Gasteiger partial charge in [0, 0.05) is 13.0 Å². The Hall–Kier alpha value is -3.00. The quantitative estimate of drug-likeness (QED) is 0.0147. The first-order valence-corrected chi connectivity index (χ1v) is 26.7. The summed E-state index contributed by atoms with van der Waals surface area (Å²) in [5.74, 6) is -0.543. The predicted octanol–water partition coefficient (Wildman–Crippen LogP) is 11.3. The first-order valence-electron chi connectivity index (χ1n) is 25.2. The van der Waals surface area contributed by atoms with E-state index in [1.807, 2.05) is 12.2 Å². The highest BCUT2D eigenvalue weighted by molar-refractivity contribution is 7.47. The van der Waals surface area contributed by atoms with Gasteiger partial charge in [-0.3, -0.25) is 13.8 Å². The Morgan fingerprint density at radius 3 is 1.34 bits per heavy atom. The van der Waals surface area contributed by atoms with E-state index < -0.39 is 63.1 Å². The van der Waals surface area contributed by atoms with Crippen LogP contribution in [0, 0.1) is 0 Å². The molecule has 0 aromatic carbocycles. The summed E-state index contributed by atoms with van der Waals surface area (Å²) in [6.45, 7) is 4.03. The minimum absolute atomic E-state index is 0.0959. The number of hydrogen-bond acceptors (Lipinski definition) is 11. The lowest BCUT2D eigenvalue weighted by molar-refractivity contribution is -0.220. The van der Waals surface area contributed by atoms with Crippen molar-refractivity contribution in [1.82, 2.24) is 0 Å². The van der Waals surface area contributed by atoms with Crippen molar-refractivity contribution in [2.24, 2.45) is 0 Å². The van der Waals surface area contributed by atoms with E-state index in [2.05, 4.69) is 111 Å². The number of ether oxygens (including phenoxy) is 2. The van der Waals surface area contributed by atoms with Gasteiger partial charge in [0.05, 0.1) is 13.2 Å². The Morgan fingerprint density at radius 2 is 0.881 bits per heavy atom. The molecule has 0 radical (unpaired) electrons. The van der Waals surface area contributed by atoms with Gasteiger partial charge in [-0.05, 0) is 96.3 Å². The van der Waals surface area contributed by atoms with Crippen LogP contribution in [0.1, 0.15) is 162 Å². The van der Waals surface area contributed by atoms with Crippen molar-refractivity contribution >= 4 is 13.8 Å². The number of allylic oxidation sites excluding steroid dienone is 18. The zero-order chi connectivity index (χ0) is 49.1. The molecule has 6 unspecified atom stereocenters. The summed E-state index contributed by atoms with van der Waals surface area (Å²) in [6, 6.07) is 0. The molecule has 6 N–H and O–H groups in total. The topological polar surface area (TPSA) is 192 Å². The van der Waals surface area contributed by atoms with Crippen LogP contribution in [0.5, 0.6) is 0 Å². The first-order chi connectivity index (χ1) is 32.5. The van der Waals surface area contributed by atoms with Gasteiger partial charge in [0.1, 0.15) is 42.7 Å². The number of carbonyl (C=O) groups is 1. The summed E-state index contributed by atoms with van der Waals surface area (Å²) in [5, 5.41) is 50.3. The molecule has 1 saturated carbocycles. The smallest absolute Gasteiger partial charge is 0.457 e. The second kappa shape index (κ2) is 43.1. The molecule has 1 aliphatic rings. The number of phosphoric acid groups is 1. The lowest BCUT2D eigenvalue weighted by Crippen LogP contribution is -2.64. The third-order valence-electron chi connectivity index (χ3n) is 10.9. The Bertz CT molecular complexity index is 1520. The Labute approximate surface area is 404 Å². The molecule has 0 aromatic rings. The maximum atomic E-state index is 12.8. The summed E-state index contributed by atoms with van der Waals surface area (Å²) in [4.78, 5) is 23.2. The summed E-state index contributed by atoms with van der Waals surface area (Å²) in [7, 11) is -5.05. The molecule has 1 fully saturated rings. The third-order valence-corrected chi connectivity index (χ3v) is 11.9. The molecular formula is C54H89O12P. The van der Waals surface area contributed by atoms with E-state index in [1.165, 1.54) is 32.1 Å². The van der Waals surface area contributed by atoms with Crippen LogP contribution in [0.25, 0.3) is 0 Å². The largest absolute Gasteiger partial charge is 0.472 e. The number of rotatable bonds is 41. The van der Waals surface area contributed by atoms with Gasteiger partial charge >= 0.3 is 13.8 Å². The number of esters is 1. The van der Waals surface area contributed by atoms with E-state index in [0.29, 0.717) is 19.4 Å². The second-order valence-corrected chi connectivity index (χ2v) is 18.3. The highest BCUT2D eigenvalue weighted by Crippen LogP contribution is 2.47. The monoisotopic (exact) mass is 961 g/mol. The Morgan fingerprint density at radius 1 is 0.493 bits per heavy atom. The number of hydrogen-bond donors (Lipinski definition) is 6. The van der Waals surface area contributed by atoms with Crippen LogP contribution in [0.3, 0.4) is 0 Å². The molecule has 0 amide bonds. The Balaban J connectivity index is 2.43. The van der Waals surface area contributed by atoms with E-state index in [0.717, 1.165) is 96.3 Å². The van der Waals surface area contributed by atoms with Crippen molar-refractivity contribution in [3.63, 3.8) is 0 Å². The van der Waals surface area contributed by atoms with Gasteiger partial charge < -0.3 is 39.9 Å². The highest BCUT2D eigenvalue weighted by atomic mass is 31.2. The molecule has 0 heterocycles. The molecule has 0 aromatic heterocycles. The molecule has 0 aliphatic heterocycles. The molecular weight excluding hydrogens is 872 g/mol. The fraction of sp³-hybridized carbons (Fsp3) is 0.648. The number of carbonyl (C=O) groups excluding carboxylic acids is 1. The predicted molar refractivity (Wildman–Crippen MR) is 271 cm³/mol. The van der Waals surface area contributed by atoms with Crippen molar-refractivity contribution < 1.29 is 58.3 Å². The van der Waals surface area contributed by atoms with Crippen molar-refractivity contribution in [2.75, 3.05) is 19.8 Å². The standard InChI is InChI=1S/C54H89O12P/c1-3-5-7-9-11-13-15-17-19-21-22-23-24-25-26-27-29-31-33-35-37-39-41-43-48(55)65-47(46-64-67(61,62)66-54-52(59)50(57)49(56)51(58)53(54)60)45-63-44-42-40-38-36-34-32-30-28-20-18-16-14-12-10-8-6-4-2/h5,7,11,13-14,16-17,19-20,22-23,25-26,28-29,31,35,37,47,49-54,56-60H,3-4,6,8-10,12,15,18,21,24,27,30,32-34,36,38-46H2,1-2H3,(H,61,62)/b7-5-,13-11-,16-14-,19-17-,23-22-,26-25-,28-20-,31-29-,37-35-. The number of phosphoric ester groups is 1. The zero-order valence-electron chi connectivity index (χ0n) is 40.9. The lowest BCUT2D eigenvalue weighted by atomic mass is 9.85. The number of aliphatic hydroxyl groups is 5. The summed E-state index contributed by atoms with van der Waals surface area (Å²) in [5.41, 5.74) is 0. The van der Waals surface area contributed by atoms with Crippen LogP contribution < -0.4 is 0 Å². The normalized spacial score (nSPS) is 22.2. The molecule has 67 heavy (non-hydrogen) atoms. The van der Waals surface area contributed by atoms with Crippen molar-refractivity contribution in [3.05, 3.63) is 109 Å². The molecule has 12 nitrogen and oxygen atoms in total. The molecule has 0 spiro atoms. The van der Waals surface area contributed by atoms with Gasteiger partial charge in [-0.15, -0.1) is 0 Å². The second-order valence-electron chi connectivity index (χ2n) is 16.9. The maximum absolute atomic E-state index is 12.8. The number of aliphatic hydroxyl groups excluding tert-OH is 5. The molecule has 0 saturated heterocycles. The van der Waals surface area contributed by atoms with Gasteiger partial charge in [0.2, 0.25) is 0 Å².